The maximum atomic E-state index is 8.81. The molecule has 2 aromatic rings. The summed E-state index contributed by atoms with van der Waals surface area (Å²) in [5.41, 5.74) is 5.59. The van der Waals surface area contributed by atoms with Crippen LogP contribution in [0.4, 0.5) is 0 Å². The highest BCUT2D eigenvalue weighted by molar-refractivity contribution is 5.79. The molecule has 0 aliphatic heterocycles. The Bertz CT molecular complexity index is 724. The van der Waals surface area contributed by atoms with Crippen molar-refractivity contribution in [1.29, 1.82) is 5.26 Å². The third-order valence-electron chi connectivity index (χ3n) is 3.71. The number of benzene rings is 2. The molecule has 2 rings (SSSR count). The van der Waals surface area contributed by atoms with Crippen LogP contribution >= 0.6 is 0 Å². The van der Waals surface area contributed by atoms with Gasteiger partial charge in [0.2, 0.25) is 0 Å². The van der Waals surface area contributed by atoms with E-state index in [1.54, 1.807) is 7.05 Å². The van der Waals surface area contributed by atoms with Gasteiger partial charge in [0.05, 0.1) is 11.6 Å². The summed E-state index contributed by atoms with van der Waals surface area (Å²) >= 11 is 0. The number of hydrogen-bond acceptors (Lipinski definition) is 2. The van der Waals surface area contributed by atoms with Crippen molar-refractivity contribution in [1.82, 2.24) is 10.6 Å². The Morgan fingerprint density at radius 1 is 1.04 bits per heavy atom. The van der Waals surface area contributed by atoms with E-state index >= 15 is 0 Å². The fourth-order valence-electron chi connectivity index (χ4n) is 2.33. The van der Waals surface area contributed by atoms with E-state index in [0.717, 1.165) is 18.1 Å². The number of nitrogens with one attached hydrogen (secondary N) is 2. The van der Waals surface area contributed by atoms with Crippen LogP contribution in [0.15, 0.2) is 47.5 Å². The minimum absolute atomic E-state index is 0.665. The number of rotatable bonds is 4. The first-order valence-electron chi connectivity index (χ1n) is 7.62. The second-order valence-electron chi connectivity index (χ2n) is 5.52. The van der Waals surface area contributed by atoms with Gasteiger partial charge in [-0.25, -0.2) is 0 Å². The van der Waals surface area contributed by atoms with Gasteiger partial charge in [-0.15, -0.1) is 0 Å². The molecule has 0 atom stereocenters. The van der Waals surface area contributed by atoms with Crippen LogP contribution < -0.4 is 10.6 Å². The summed E-state index contributed by atoms with van der Waals surface area (Å²) in [6, 6.07) is 16.1. The predicted octanol–water partition coefficient (Wildman–Crippen LogP) is 3.04. The maximum Gasteiger partial charge on any atom is 0.191 e. The molecule has 4 nitrogen and oxygen atoms in total. The summed E-state index contributed by atoms with van der Waals surface area (Å²) in [6.07, 6.45) is 0. The SMILES string of the molecule is CN=C(NCc1ccc(C#N)cc1)NCc1ccc(C)cc1C. The summed E-state index contributed by atoms with van der Waals surface area (Å²) in [7, 11) is 1.76. The Kier molecular flexibility index (Phi) is 5.76. The first-order valence-corrected chi connectivity index (χ1v) is 7.62. The van der Waals surface area contributed by atoms with E-state index in [9.17, 15) is 0 Å². The van der Waals surface area contributed by atoms with Gasteiger partial charge in [0.15, 0.2) is 5.96 Å². The zero-order valence-corrected chi connectivity index (χ0v) is 13.9. The molecule has 0 aliphatic rings. The highest BCUT2D eigenvalue weighted by Gasteiger charge is 2.02. The molecule has 0 bridgehead atoms. The molecule has 2 N–H and O–H groups in total. The van der Waals surface area contributed by atoms with Gasteiger partial charge in [-0.2, -0.15) is 5.26 Å². The largest absolute Gasteiger partial charge is 0.352 e. The monoisotopic (exact) mass is 306 g/mol. The molecule has 0 spiro atoms. The van der Waals surface area contributed by atoms with Crippen molar-refractivity contribution in [2.24, 2.45) is 4.99 Å². The fraction of sp³-hybridized carbons (Fsp3) is 0.263. The molecule has 4 heteroatoms. The van der Waals surface area contributed by atoms with E-state index < -0.39 is 0 Å². The third kappa shape index (κ3) is 4.86. The van der Waals surface area contributed by atoms with E-state index in [-0.39, 0.29) is 0 Å². The van der Waals surface area contributed by atoms with Crippen molar-refractivity contribution in [3.8, 4) is 6.07 Å². The van der Waals surface area contributed by atoms with Gasteiger partial charge in [-0.05, 0) is 42.7 Å². The topological polar surface area (TPSA) is 60.2 Å². The molecule has 0 heterocycles. The molecule has 0 radical (unpaired) electrons. The van der Waals surface area contributed by atoms with Gasteiger partial charge in [0.1, 0.15) is 0 Å². The minimum atomic E-state index is 0.665. The number of nitrogens with zero attached hydrogens (tertiary/aromatic N) is 2. The second kappa shape index (κ2) is 8.00. The molecule has 0 unspecified atom stereocenters. The molecule has 0 aromatic heterocycles. The van der Waals surface area contributed by atoms with Crippen LogP contribution in [0.25, 0.3) is 0 Å². The maximum absolute atomic E-state index is 8.81. The van der Waals surface area contributed by atoms with Crippen LogP contribution in [-0.4, -0.2) is 13.0 Å². The lowest BCUT2D eigenvalue weighted by Gasteiger charge is -2.13. The average molecular weight is 306 g/mol. The first kappa shape index (κ1) is 16.6. The van der Waals surface area contributed by atoms with Gasteiger partial charge in [-0.1, -0.05) is 35.9 Å². The molecule has 0 saturated carbocycles. The standard InChI is InChI=1S/C19H22N4/c1-14-4-9-18(15(2)10-14)13-23-19(21-3)22-12-17-7-5-16(11-20)6-8-17/h4-10H,12-13H2,1-3H3,(H2,21,22,23). The molecule has 118 valence electrons. The van der Waals surface area contributed by atoms with Gasteiger partial charge in [-0.3, -0.25) is 4.99 Å². The molecule has 0 saturated heterocycles. The zero-order valence-electron chi connectivity index (χ0n) is 13.9. The number of guanidine groups is 1. The van der Waals surface area contributed by atoms with Crippen molar-refractivity contribution < 1.29 is 0 Å². The molecule has 0 fully saturated rings. The summed E-state index contributed by atoms with van der Waals surface area (Å²) in [5, 5.41) is 15.4. The summed E-state index contributed by atoms with van der Waals surface area (Å²) in [6.45, 7) is 5.62. The van der Waals surface area contributed by atoms with Crippen LogP contribution in [0.2, 0.25) is 0 Å². The van der Waals surface area contributed by atoms with Crippen LogP contribution in [-0.2, 0) is 13.1 Å². The van der Waals surface area contributed by atoms with Crippen LogP contribution in [0.1, 0.15) is 27.8 Å². The molecular formula is C19H22N4. The lowest BCUT2D eigenvalue weighted by Crippen LogP contribution is -2.36. The number of aryl methyl sites for hydroxylation is 2. The highest BCUT2D eigenvalue weighted by Crippen LogP contribution is 2.10. The first-order chi connectivity index (χ1) is 11.1. The number of hydrogen-bond donors (Lipinski definition) is 2. The van der Waals surface area contributed by atoms with E-state index in [4.69, 9.17) is 5.26 Å². The van der Waals surface area contributed by atoms with E-state index in [1.807, 2.05) is 24.3 Å². The Morgan fingerprint density at radius 3 is 2.35 bits per heavy atom. The molecular weight excluding hydrogens is 284 g/mol. The second-order valence-corrected chi connectivity index (χ2v) is 5.52. The van der Waals surface area contributed by atoms with E-state index in [2.05, 4.69) is 53.7 Å². The van der Waals surface area contributed by atoms with Crippen LogP contribution in [0.5, 0.6) is 0 Å². The summed E-state index contributed by atoms with van der Waals surface area (Å²) in [4.78, 5) is 4.24. The van der Waals surface area contributed by atoms with Crippen LogP contribution in [0, 0.1) is 25.2 Å². The number of nitriles is 1. The van der Waals surface area contributed by atoms with Crippen molar-refractivity contribution in [3.63, 3.8) is 0 Å². The smallest absolute Gasteiger partial charge is 0.191 e. The van der Waals surface area contributed by atoms with Crippen molar-refractivity contribution in [3.05, 3.63) is 70.3 Å². The Labute approximate surface area is 137 Å². The molecule has 0 aliphatic carbocycles. The van der Waals surface area contributed by atoms with Gasteiger partial charge in [0.25, 0.3) is 0 Å². The predicted molar refractivity (Wildman–Crippen MR) is 94.1 cm³/mol. The lowest BCUT2D eigenvalue weighted by atomic mass is 10.1. The number of aliphatic imine (C=N–C) groups is 1. The highest BCUT2D eigenvalue weighted by atomic mass is 15.2. The minimum Gasteiger partial charge on any atom is -0.352 e. The Hall–Kier alpha value is -2.80. The van der Waals surface area contributed by atoms with Gasteiger partial charge >= 0.3 is 0 Å². The fourth-order valence-corrected chi connectivity index (χ4v) is 2.33. The van der Waals surface area contributed by atoms with E-state index in [0.29, 0.717) is 12.1 Å². The van der Waals surface area contributed by atoms with Gasteiger partial charge in [0, 0.05) is 20.1 Å². The molecule has 0 amide bonds. The summed E-state index contributed by atoms with van der Waals surface area (Å²) < 4.78 is 0. The normalized spacial score (nSPS) is 11.0. The Morgan fingerprint density at radius 2 is 1.74 bits per heavy atom. The van der Waals surface area contributed by atoms with Gasteiger partial charge < -0.3 is 10.6 Å². The Balaban J connectivity index is 1.89. The average Bonchev–Trinajstić information content (AvgIpc) is 2.57. The van der Waals surface area contributed by atoms with Crippen molar-refractivity contribution >= 4 is 5.96 Å². The van der Waals surface area contributed by atoms with Crippen molar-refractivity contribution in [2.75, 3.05) is 7.05 Å². The van der Waals surface area contributed by atoms with E-state index in [1.165, 1.54) is 16.7 Å². The molecule has 2 aromatic carbocycles. The lowest BCUT2D eigenvalue weighted by molar-refractivity contribution is 0.806. The third-order valence-corrected chi connectivity index (χ3v) is 3.71. The van der Waals surface area contributed by atoms with Crippen molar-refractivity contribution in [2.45, 2.75) is 26.9 Å². The zero-order chi connectivity index (χ0) is 16.7. The molecule has 23 heavy (non-hydrogen) atoms. The summed E-state index contributed by atoms with van der Waals surface area (Å²) in [5.74, 6) is 0.759. The van der Waals surface area contributed by atoms with Crippen LogP contribution in [0.3, 0.4) is 0 Å². The quantitative estimate of drug-likeness (QED) is 0.674.